The summed E-state index contributed by atoms with van der Waals surface area (Å²) < 4.78 is 10.2. The Morgan fingerprint density at radius 3 is 2.91 bits per heavy atom. The molecule has 1 saturated heterocycles. The Hall–Kier alpha value is -0.800. The summed E-state index contributed by atoms with van der Waals surface area (Å²) in [4.78, 5) is 0. The summed E-state index contributed by atoms with van der Waals surface area (Å²) in [6.45, 7) is 0.720. The standard InChI is InChI=1S/C8H10O3/c9-5-8(6-11-8)4-7-2-1-3-10-7/h1-3,9H,4-6H2. The predicted molar refractivity (Wildman–Crippen MR) is 38.2 cm³/mol. The summed E-state index contributed by atoms with van der Waals surface area (Å²) in [5, 5.41) is 8.89. The smallest absolute Gasteiger partial charge is 0.122 e. The van der Waals surface area contributed by atoms with Crippen LogP contribution in [0.3, 0.4) is 0 Å². The zero-order valence-electron chi connectivity index (χ0n) is 6.12. The van der Waals surface area contributed by atoms with Gasteiger partial charge in [0.15, 0.2) is 0 Å². The largest absolute Gasteiger partial charge is 0.469 e. The van der Waals surface area contributed by atoms with Crippen LogP contribution in [0, 0.1) is 0 Å². The fourth-order valence-corrected chi connectivity index (χ4v) is 1.08. The molecule has 0 radical (unpaired) electrons. The van der Waals surface area contributed by atoms with E-state index in [-0.39, 0.29) is 12.2 Å². The zero-order chi connectivity index (χ0) is 7.73. The van der Waals surface area contributed by atoms with Crippen molar-refractivity contribution in [1.29, 1.82) is 0 Å². The Kier molecular flexibility index (Phi) is 1.47. The summed E-state index contributed by atoms with van der Waals surface area (Å²) in [6.07, 6.45) is 2.30. The van der Waals surface area contributed by atoms with Crippen LogP contribution in [0.15, 0.2) is 22.8 Å². The van der Waals surface area contributed by atoms with Gasteiger partial charge in [-0.05, 0) is 12.1 Å². The monoisotopic (exact) mass is 154 g/mol. The molecule has 1 aliphatic heterocycles. The number of furan rings is 1. The molecule has 0 spiro atoms. The molecular weight excluding hydrogens is 144 g/mol. The summed E-state index contributed by atoms with van der Waals surface area (Å²) in [6, 6.07) is 3.72. The molecule has 3 heteroatoms. The van der Waals surface area contributed by atoms with Crippen LogP contribution in [0.2, 0.25) is 0 Å². The Morgan fingerprint density at radius 1 is 1.64 bits per heavy atom. The predicted octanol–water partition coefficient (Wildman–Crippen LogP) is 0.583. The van der Waals surface area contributed by atoms with Gasteiger partial charge in [-0.2, -0.15) is 0 Å². The Morgan fingerprint density at radius 2 is 2.45 bits per heavy atom. The summed E-state index contributed by atoms with van der Waals surface area (Å²) >= 11 is 0. The minimum absolute atomic E-state index is 0.0771. The molecule has 0 saturated carbocycles. The van der Waals surface area contributed by atoms with E-state index in [2.05, 4.69) is 0 Å². The third kappa shape index (κ3) is 1.29. The molecule has 11 heavy (non-hydrogen) atoms. The highest BCUT2D eigenvalue weighted by molar-refractivity contribution is 5.07. The summed E-state index contributed by atoms with van der Waals surface area (Å²) in [7, 11) is 0. The first-order valence-electron chi connectivity index (χ1n) is 3.62. The number of ether oxygens (including phenoxy) is 1. The number of aliphatic hydroxyl groups excluding tert-OH is 1. The molecule has 0 bridgehead atoms. The number of hydrogen-bond acceptors (Lipinski definition) is 3. The van der Waals surface area contributed by atoms with Crippen molar-refractivity contribution in [3.8, 4) is 0 Å². The minimum Gasteiger partial charge on any atom is -0.469 e. The molecule has 1 atom stereocenters. The second kappa shape index (κ2) is 2.36. The lowest BCUT2D eigenvalue weighted by atomic mass is 10.1. The van der Waals surface area contributed by atoms with E-state index in [0.29, 0.717) is 13.0 Å². The second-order valence-corrected chi connectivity index (χ2v) is 2.89. The van der Waals surface area contributed by atoms with E-state index in [0.717, 1.165) is 5.76 Å². The lowest BCUT2D eigenvalue weighted by Crippen LogP contribution is -2.19. The third-order valence-electron chi connectivity index (χ3n) is 1.92. The average molecular weight is 154 g/mol. The Balaban J connectivity index is 2.01. The molecule has 0 amide bonds. The van der Waals surface area contributed by atoms with Gasteiger partial charge in [0.1, 0.15) is 11.4 Å². The topological polar surface area (TPSA) is 45.9 Å². The van der Waals surface area contributed by atoms with Gasteiger partial charge in [0.05, 0.1) is 19.5 Å². The maximum Gasteiger partial charge on any atom is 0.122 e. The Labute approximate surface area is 64.6 Å². The molecule has 60 valence electrons. The molecule has 0 aliphatic carbocycles. The highest BCUT2D eigenvalue weighted by atomic mass is 16.6. The van der Waals surface area contributed by atoms with E-state index in [4.69, 9.17) is 14.3 Å². The van der Waals surface area contributed by atoms with Crippen LogP contribution in [0.4, 0.5) is 0 Å². The molecular formula is C8H10O3. The van der Waals surface area contributed by atoms with Crippen LogP contribution < -0.4 is 0 Å². The number of rotatable bonds is 3. The first-order chi connectivity index (χ1) is 5.35. The number of hydrogen-bond donors (Lipinski definition) is 1. The molecule has 2 heterocycles. The van der Waals surface area contributed by atoms with E-state index in [1.165, 1.54) is 0 Å². The first kappa shape index (κ1) is 6.88. The molecule has 0 aromatic carbocycles. The van der Waals surface area contributed by atoms with Gasteiger partial charge in [0, 0.05) is 6.42 Å². The molecule has 1 unspecified atom stereocenters. The zero-order valence-corrected chi connectivity index (χ0v) is 6.12. The van der Waals surface area contributed by atoms with E-state index in [1.54, 1.807) is 6.26 Å². The van der Waals surface area contributed by atoms with Crippen molar-refractivity contribution in [3.63, 3.8) is 0 Å². The Bertz CT molecular complexity index is 223. The van der Waals surface area contributed by atoms with Crippen molar-refractivity contribution in [3.05, 3.63) is 24.2 Å². The first-order valence-corrected chi connectivity index (χ1v) is 3.62. The maximum atomic E-state index is 8.89. The normalized spacial score (nSPS) is 28.8. The van der Waals surface area contributed by atoms with Crippen molar-refractivity contribution < 1.29 is 14.3 Å². The molecule has 1 aromatic heterocycles. The SMILES string of the molecule is OCC1(Cc2ccco2)CO1. The molecule has 1 aromatic rings. The van der Waals surface area contributed by atoms with Crippen LogP contribution >= 0.6 is 0 Å². The van der Waals surface area contributed by atoms with Crippen molar-refractivity contribution in [2.75, 3.05) is 13.2 Å². The summed E-state index contributed by atoms with van der Waals surface area (Å²) in [5.74, 6) is 0.872. The molecule has 1 aliphatic rings. The highest BCUT2D eigenvalue weighted by Gasteiger charge is 2.44. The quantitative estimate of drug-likeness (QED) is 0.648. The van der Waals surface area contributed by atoms with Crippen LogP contribution in [0.25, 0.3) is 0 Å². The molecule has 3 nitrogen and oxygen atoms in total. The number of epoxide rings is 1. The molecule has 2 rings (SSSR count). The van der Waals surface area contributed by atoms with Gasteiger partial charge in [-0.15, -0.1) is 0 Å². The fourth-order valence-electron chi connectivity index (χ4n) is 1.08. The van der Waals surface area contributed by atoms with Crippen molar-refractivity contribution in [1.82, 2.24) is 0 Å². The van der Waals surface area contributed by atoms with Gasteiger partial charge in [-0.1, -0.05) is 0 Å². The van der Waals surface area contributed by atoms with Crippen LogP contribution in [0.5, 0.6) is 0 Å². The van der Waals surface area contributed by atoms with E-state index >= 15 is 0 Å². The van der Waals surface area contributed by atoms with E-state index in [9.17, 15) is 0 Å². The van der Waals surface area contributed by atoms with Crippen molar-refractivity contribution >= 4 is 0 Å². The minimum atomic E-state index is -0.322. The molecule has 1 N–H and O–H groups in total. The number of aliphatic hydroxyl groups is 1. The maximum absolute atomic E-state index is 8.89. The second-order valence-electron chi connectivity index (χ2n) is 2.89. The molecule has 1 fully saturated rings. The van der Waals surface area contributed by atoms with Gasteiger partial charge >= 0.3 is 0 Å². The van der Waals surface area contributed by atoms with Crippen LogP contribution in [-0.4, -0.2) is 23.9 Å². The van der Waals surface area contributed by atoms with Gasteiger partial charge in [-0.25, -0.2) is 0 Å². The van der Waals surface area contributed by atoms with Gasteiger partial charge < -0.3 is 14.3 Å². The van der Waals surface area contributed by atoms with Gasteiger partial charge in [0.2, 0.25) is 0 Å². The van der Waals surface area contributed by atoms with Gasteiger partial charge in [-0.3, -0.25) is 0 Å². The van der Waals surface area contributed by atoms with Crippen LogP contribution in [-0.2, 0) is 11.2 Å². The average Bonchev–Trinajstić information content (AvgIpc) is 2.59. The summed E-state index contributed by atoms with van der Waals surface area (Å²) in [5.41, 5.74) is -0.322. The van der Waals surface area contributed by atoms with Crippen molar-refractivity contribution in [2.24, 2.45) is 0 Å². The highest BCUT2D eigenvalue weighted by Crippen LogP contribution is 2.30. The van der Waals surface area contributed by atoms with Crippen molar-refractivity contribution in [2.45, 2.75) is 12.0 Å². The third-order valence-corrected chi connectivity index (χ3v) is 1.92. The lowest BCUT2D eigenvalue weighted by molar-refractivity contribution is 0.166. The van der Waals surface area contributed by atoms with E-state index < -0.39 is 0 Å². The lowest BCUT2D eigenvalue weighted by Gasteiger charge is -2.03. The van der Waals surface area contributed by atoms with E-state index in [1.807, 2.05) is 12.1 Å². The van der Waals surface area contributed by atoms with Gasteiger partial charge in [0.25, 0.3) is 0 Å². The van der Waals surface area contributed by atoms with Crippen LogP contribution in [0.1, 0.15) is 5.76 Å². The fraction of sp³-hybridized carbons (Fsp3) is 0.500.